The molecule has 1 aromatic rings. The third-order valence-corrected chi connectivity index (χ3v) is 3.52. The van der Waals surface area contributed by atoms with Crippen molar-refractivity contribution < 1.29 is 4.79 Å². The number of carbonyl (C=O) groups excluding carboxylic acids is 1. The van der Waals surface area contributed by atoms with Crippen LogP contribution in [0.15, 0.2) is 30.3 Å². The van der Waals surface area contributed by atoms with Gasteiger partial charge < -0.3 is 10.2 Å². The monoisotopic (exact) mass is 246 g/mol. The lowest BCUT2D eigenvalue weighted by Gasteiger charge is -2.34. The lowest BCUT2D eigenvalue weighted by molar-refractivity contribution is -0.134. The van der Waals surface area contributed by atoms with Crippen molar-refractivity contribution in [2.24, 2.45) is 0 Å². The minimum Gasteiger partial charge on any atom is -0.337 e. The molecule has 18 heavy (non-hydrogen) atoms. The summed E-state index contributed by atoms with van der Waals surface area (Å²) < 4.78 is 0. The highest BCUT2D eigenvalue weighted by Crippen LogP contribution is 2.09. The van der Waals surface area contributed by atoms with Crippen molar-refractivity contribution in [2.75, 3.05) is 19.6 Å². The second kappa shape index (κ2) is 6.55. The highest BCUT2D eigenvalue weighted by molar-refractivity contribution is 5.76. The first-order valence-corrected chi connectivity index (χ1v) is 6.81. The molecule has 0 spiro atoms. The quantitative estimate of drug-likeness (QED) is 0.879. The number of benzene rings is 1. The molecule has 0 bridgehead atoms. The Balaban J connectivity index is 1.74. The summed E-state index contributed by atoms with van der Waals surface area (Å²) in [5.41, 5.74) is 1.32. The van der Waals surface area contributed by atoms with Crippen LogP contribution in [0.5, 0.6) is 0 Å². The number of nitrogens with zero attached hydrogens (tertiary/aromatic N) is 1. The molecule has 0 saturated carbocycles. The topological polar surface area (TPSA) is 32.3 Å². The molecule has 2 rings (SSSR count). The minimum absolute atomic E-state index is 0.305. The van der Waals surface area contributed by atoms with Crippen LogP contribution in [0.4, 0.5) is 0 Å². The van der Waals surface area contributed by atoms with Gasteiger partial charge in [-0.3, -0.25) is 4.79 Å². The van der Waals surface area contributed by atoms with Gasteiger partial charge in [-0.05, 0) is 25.3 Å². The van der Waals surface area contributed by atoms with Crippen LogP contribution < -0.4 is 5.32 Å². The van der Waals surface area contributed by atoms with E-state index in [1.807, 2.05) is 11.0 Å². The molecule has 1 atom stereocenters. The first-order valence-electron chi connectivity index (χ1n) is 6.81. The smallest absolute Gasteiger partial charge is 0.222 e. The molecule has 1 saturated heterocycles. The highest BCUT2D eigenvalue weighted by Gasteiger charge is 2.21. The van der Waals surface area contributed by atoms with Gasteiger partial charge in [0.25, 0.3) is 0 Å². The average molecular weight is 246 g/mol. The first-order chi connectivity index (χ1) is 8.77. The van der Waals surface area contributed by atoms with Crippen LogP contribution in [0.2, 0.25) is 0 Å². The predicted molar refractivity (Wildman–Crippen MR) is 73.4 cm³/mol. The summed E-state index contributed by atoms with van der Waals surface area (Å²) in [6.07, 6.45) is 2.60. The maximum absolute atomic E-state index is 12.1. The van der Waals surface area contributed by atoms with Crippen LogP contribution in [0.25, 0.3) is 0 Å². The summed E-state index contributed by atoms with van der Waals surface area (Å²) in [7, 11) is 0. The molecule has 1 N–H and O–H groups in total. The number of piperazine rings is 1. The fourth-order valence-corrected chi connectivity index (χ4v) is 2.44. The number of aryl methyl sites for hydroxylation is 1. The molecular weight excluding hydrogens is 224 g/mol. The maximum atomic E-state index is 12.1. The van der Waals surface area contributed by atoms with Crippen LogP contribution in [0.1, 0.15) is 25.3 Å². The van der Waals surface area contributed by atoms with Crippen LogP contribution in [0.3, 0.4) is 0 Å². The van der Waals surface area contributed by atoms with Crippen LogP contribution in [-0.2, 0) is 11.2 Å². The van der Waals surface area contributed by atoms with Gasteiger partial charge in [-0.1, -0.05) is 30.3 Å². The standard InChI is InChI=1S/C15H22N2O/c1-13-12-16-10-11-17(13)15(18)9-5-8-14-6-3-2-4-7-14/h2-4,6-7,13,16H,5,8-12H2,1H3/t13-/m0/s1. The van der Waals surface area contributed by atoms with Crippen molar-refractivity contribution in [1.29, 1.82) is 0 Å². The van der Waals surface area contributed by atoms with Crippen LogP contribution in [0, 0.1) is 0 Å². The van der Waals surface area contributed by atoms with Gasteiger partial charge in [0.2, 0.25) is 5.91 Å². The van der Waals surface area contributed by atoms with Gasteiger partial charge >= 0.3 is 0 Å². The van der Waals surface area contributed by atoms with E-state index in [0.717, 1.165) is 32.5 Å². The Morgan fingerprint density at radius 2 is 2.17 bits per heavy atom. The Bertz CT molecular complexity index is 377. The molecule has 1 heterocycles. The van der Waals surface area contributed by atoms with Gasteiger partial charge in [0.05, 0.1) is 0 Å². The Morgan fingerprint density at radius 3 is 2.89 bits per heavy atom. The summed E-state index contributed by atoms with van der Waals surface area (Å²) >= 11 is 0. The molecule has 0 radical (unpaired) electrons. The van der Waals surface area contributed by atoms with E-state index in [1.165, 1.54) is 5.56 Å². The summed E-state index contributed by atoms with van der Waals surface area (Å²) in [5, 5.41) is 3.31. The van der Waals surface area contributed by atoms with E-state index in [0.29, 0.717) is 18.4 Å². The third-order valence-electron chi connectivity index (χ3n) is 3.52. The maximum Gasteiger partial charge on any atom is 0.222 e. The normalized spacial score (nSPS) is 19.8. The van der Waals surface area contributed by atoms with Gasteiger partial charge in [-0.25, -0.2) is 0 Å². The van der Waals surface area contributed by atoms with E-state index >= 15 is 0 Å². The van der Waals surface area contributed by atoms with Crippen molar-refractivity contribution in [3.05, 3.63) is 35.9 Å². The second-order valence-corrected chi connectivity index (χ2v) is 4.98. The fourth-order valence-electron chi connectivity index (χ4n) is 2.44. The molecule has 3 nitrogen and oxygen atoms in total. The molecule has 1 aliphatic heterocycles. The molecule has 1 aliphatic rings. The first kappa shape index (κ1) is 13.1. The zero-order chi connectivity index (χ0) is 12.8. The summed E-state index contributed by atoms with van der Waals surface area (Å²) in [6.45, 7) is 4.81. The van der Waals surface area contributed by atoms with Crippen molar-refractivity contribution >= 4 is 5.91 Å². The highest BCUT2D eigenvalue weighted by atomic mass is 16.2. The third kappa shape index (κ3) is 3.57. The zero-order valence-corrected chi connectivity index (χ0v) is 11.1. The van der Waals surface area contributed by atoms with E-state index in [-0.39, 0.29) is 0 Å². The van der Waals surface area contributed by atoms with Crippen LogP contribution >= 0.6 is 0 Å². The molecule has 1 amide bonds. The Hall–Kier alpha value is -1.35. The Morgan fingerprint density at radius 1 is 1.39 bits per heavy atom. The lowest BCUT2D eigenvalue weighted by atomic mass is 10.1. The number of amides is 1. The van der Waals surface area contributed by atoms with Crippen LogP contribution in [-0.4, -0.2) is 36.5 Å². The van der Waals surface area contributed by atoms with E-state index in [9.17, 15) is 4.79 Å². The van der Waals surface area contributed by atoms with Crippen molar-refractivity contribution in [3.63, 3.8) is 0 Å². The second-order valence-electron chi connectivity index (χ2n) is 4.98. The van der Waals surface area contributed by atoms with Gasteiger partial charge in [0, 0.05) is 32.1 Å². The minimum atomic E-state index is 0.305. The summed E-state index contributed by atoms with van der Waals surface area (Å²) in [6, 6.07) is 10.7. The number of hydrogen-bond acceptors (Lipinski definition) is 2. The molecule has 1 aromatic carbocycles. The van der Waals surface area contributed by atoms with Gasteiger partial charge in [-0.2, -0.15) is 0 Å². The molecule has 3 heteroatoms. The molecule has 98 valence electrons. The zero-order valence-electron chi connectivity index (χ0n) is 11.1. The molecular formula is C15H22N2O. The van der Waals surface area contributed by atoms with Crippen molar-refractivity contribution in [2.45, 2.75) is 32.2 Å². The fraction of sp³-hybridized carbons (Fsp3) is 0.533. The molecule has 0 aliphatic carbocycles. The molecule has 0 unspecified atom stereocenters. The van der Waals surface area contributed by atoms with Gasteiger partial charge in [0.15, 0.2) is 0 Å². The predicted octanol–water partition coefficient (Wildman–Crippen LogP) is 1.83. The van der Waals surface area contributed by atoms with E-state index in [4.69, 9.17) is 0 Å². The largest absolute Gasteiger partial charge is 0.337 e. The van der Waals surface area contributed by atoms with Crippen molar-refractivity contribution in [3.8, 4) is 0 Å². The summed E-state index contributed by atoms with van der Waals surface area (Å²) in [5.74, 6) is 0.305. The number of nitrogens with one attached hydrogen (secondary N) is 1. The van der Waals surface area contributed by atoms with Gasteiger partial charge in [-0.15, -0.1) is 0 Å². The van der Waals surface area contributed by atoms with Crippen molar-refractivity contribution in [1.82, 2.24) is 10.2 Å². The number of carbonyl (C=O) groups is 1. The van der Waals surface area contributed by atoms with E-state index in [2.05, 4.69) is 36.5 Å². The Kier molecular flexibility index (Phi) is 4.76. The van der Waals surface area contributed by atoms with Gasteiger partial charge in [0.1, 0.15) is 0 Å². The number of hydrogen-bond donors (Lipinski definition) is 1. The average Bonchev–Trinajstić information content (AvgIpc) is 2.40. The SMILES string of the molecule is C[C@H]1CNCCN1C(=O)CCCc1ccccc1. The molecule has 1 fully saturated rings. The Labute approximate surface area is 109 Å². The summed E-state index contributed by atoms with van der Waals surface area (Å²) in [4.78, 5) is 14.1. The lowest BCUT2D eigenvalue weighted by Crippen LogP contribution is -2.52. The number of rotatable bonds is 4. The van der Waals surface area contributed by atoms with E-state index in [1.54, 1.807) is 0 Å². The van der Waals surface area contributed by atoms with E-state index < -0.39 is 0 Å². The molecule has 0 aromatic heterocycles.